The van der Waals surface area contributed by atoms with Crippen molar-refractivity contribution in [3.8, 4) is 0 Å². The molecule has 0 aromatic heterocycles. The zero-order valence-electron chi connectivity index (χ0n) is 11.2. The number of hydrogen-bond donors (Lipinski definition) is 1. The van der Waals surface area contributed by atoms with Gasteiger partial charge in [-0.2, -0.15) is 0 Å². The molecule has 1 aromatic rings. The molecule has 1 aromatic carbocycles. The van der Waals surface area contributed by atoms with Crippen molar-refractivity contribution < 1.29 is 0 Å². The number of likely N-dealkylation sites (N-methyl/N-ethyl adjacent to an activating group) is 1. The number of hydrogen-bond acceptors (Lipinski definition) is 1. The monoisotopic (exact) mass is 231 g/mol. The van der Waals surface area contributed by atoms with Crippen LogP contribution in [0.2, 0.25) is 0 Å². The van der Waals surface area contributed by atoms with E-state index in [1.807, 2.05) is 0 Å². The maximum atomic E-state index is 3.70. The molecule has 0 saturated heterocycles. The van der Waals surface area contributed by atoms with Crippen LogP contribution in [0.4, 0.5) is 0 Å². The summed E-state index contributed by atoms with van der Waals surface area (Å²) < 4.78 is 0. The fraction of sp³-hybridized carbons (Fsp3) is 0.625. The van der Waals surface area contributed by atoms with Crippen molar-refractivity contribution in [3.05, 3.63) is 35.4 Å². The predicted octanol–water partition coefficient (Wildman–Crippen LogP) is 3.88. The quantitative estimate of drug-likeness (QED) is 0.783. The molecule has 0 bridgehead atoms. The molecule has 94 valence electrons. The highest BCUT2D eigenvalue weighted by Gasteiger charge is 2.28. The summed E-state index contributed by atoms with van der Waals surface area (Å²) in [5, 5.41) is 3.70. The van der Waals surface area contributed by atoms with Gasteiger partial charge in [0, 0.05) is 6.04 Å². The Morgan fingerprint density at radius 3 is 2.88 bits per heavy atom. The number of benzene rings is 1. The number of aryl methyl sites for hydroxylation is 1. The van der Waals surface area contributed by atoms with E-state index in [1.165, 1.54) is 32.1 Å². The molecule has 0 spiro atoms. The Bertz CT molecular complexity index is 345. The molecule has 1 N–H and O–H groups in total. The minimum atomic E-state index is 0.684. The molecule has 0 saturated carbocycles. The van der Waals surface area contributed by atoms with Crippen LogP contribution in [0.5, 0.6) is 0 Å². The molecule has 0 aliphatic heterocycles. The van der Waals surface area contributed by atoms with Gasteiger partial charge < -0.3 is 5.32 Å². The molecular weight excluding hydrogens is 206 g/mol. The van der Waals surface area contributed by atoms with Crippen molar-refractivity contribution in [2.75, 3.05) is 6.54 Å². The van der Waals surface area contributed by atoms with Crippen molar-refractivity contribution in [2.45, 2.75) is 57.9 Å². The lowest BCUT2D eigenvalue weighted by molar-refractivity contribution is 0.402. The third kappa shape index (κ3) is 2.90. The smallest absolute Gasteiger partial charge is 0.0136 e. The van der Waals surface area contributed by atoms with Crippen LogP contribution in [0.3, 0.4) is 0 Å². The first-order valence-corrected chi connectivity index (χ1v) is 7.18. The molecule has 0 fully saturated rings. The van der Waals surface area contributed by atoms with Gasteiger partial charge in [0.1, 0.15) is 0 Å². The Morgan fingerprint density at radius 2 is 2.12 bits per heavy atom. The Morgan fingerprint density at radius 1 is 1.29 bits per heavy atom. The fourth-order valence-corrected chi connectivity index (χ4v) is 3.14. The van der Waals surface area contributed by atoms with Crippen LogP contribution >= 0.6 is 0 Å². The van der Waals surface area contributed by atoms with E-state index >= 15 is 0 Å². The van der Waals surface area contributed by atoms with Gasteiger partial charge in [0.25, 0.3) is 0 Å². The lowest BCUT2D eigenvalue weighted by Crippen LogP contribution is -2.34. The highest BCUT2D eigenvalue weighted by Crippen LogP contribution is 2.36. The Balaban J connectivity index is 2.09. The normalized spacial score (nSPS) is 20.2. The fourth-order valence-electron chi connectivity index (χ4n) is 3.14. The summed E-state index contributed by atoms with van der Waals surface area (Å²) in [5.41, 5.74) is 3.19. The molecule has 17 heavy (non-hydrogen) atoms. The van der Waals surface area contributed by atoms with Gasteiger partial charge in [-0.25, -0.2) is 0 Å². The first-order valence-electron chi connectivity index (χ1n) is 7.18. The topological polar surface area (TPSA) is 12.0 Å². The van der Waals surface area contributed by atoms with Crippen molar-refractivity contribution in [2.24, 2.45) is 0 Å². The van der Waals surface area contributed by atoms with E-state index in [2.05, 4.69) is 43.4 Å². The van der Waals surface area contributed by atoms with Crippen LogP contribution in [0, 0.1) is 0 Å². The molecule has 0 radical (unpaired) electrons. The Hall–Kier alpha value is -0.820. The molecule has 1 aliphatic rings. The van der Waals surface area contributed by atoms with E-state index < -0.39 is 0 Å². The number of nitrogens with one attached hydrogen (secondary N) is 1. The maximum Gasteiger partial charge on any atom is 0.0136 e. The van der Waals surface area contributed by atoms with Crippen LogP contribution in [0.25, 0.3) is 0 Å². The van der Waals surface area contributed by atoms with Gasteiger partial charge >= 0.3 is 0 Å². The lowest BCUT2D eigenvalue weighted by Gasteiger charge is -2.25. The van der Waals surface area contributed by atoms with E-state index in [9.17, 15) is 0 Å². The summed E-state index contributed by atoms with van der Waals surface area (Å²) in [6.07, 6.45) is 6.57. The summed E-state index contributed by atoms with van der Waals surface area (Å²) >= 11 is 0. The number of fused-ring (bicyclic) bond motifs is 1. The Labute approximate surface area is 106 Å². The zero-order valence-corrected chi connectivity index (χ0v) is 11.2. The Kier molecular flexibility index (Phi) is 4.61. The van der Waals surface area contributed by atoms with Crippen LogP contribution < -0.4 is 5.32 Å². The summed E-state index contributed by atoms with van der Waals surface area (Å²) in [6.45, 7) is 5.60. The minimum absolute atomic E-state index is 0.684. The third-order valence-electron chi connectivity index (χ3n) is 4.00. The second-order valence-corrected chi connectivity index (χ2v) is 5.15. The van der Waals surface area contributed by atoms with Crippen LogP contribution in [-0.2, 0) is 6.42 Å². The average molecular weight is 231 g/mol. The largest absolute Gasteiger partial charge is 0.314 e. The molecule has 1 aliphatic carbocycles. The standard InChI is InChI=1S/C16H25N/c1-3-5-10-16(17-4-2)15-12-11-13-8-6-7-9-14(13)15/h6-9,15-17H,3-5,10-12H2,1-2H3. The number of rotatable bonds is 6. The molecule has 2 rings (SSSR count). The highest BCUT2D eigenvalue weighted by atomic mass is 14.9. The second-order valence-electron chi connectivity index (χ2n) is 5.15. The van der Waals surface area contributed by atoms with Crippen molar-refractivity contribution in [1.29, 1.82) is 0 Å². The average Bonchev–Trinajstić information content (AvgIpc) is 2.78. The summed E-state index contributed by atoms with van der Waals surface area (Å²) in [5.74, 6) is 0.748. The molecule has 1 nitrogen and oxygen atoms in total. The molecule has 2 atom stereocenters. The summed E-state index contributed by atoms with van der Waals surface area (Å²) in [7, 11) is 0. The highest BCUT2D eigenvalue weighted by molar-refractivity contribution is 5.36. The molecule has 0 amide bonds. The second kappa shape index (κ2) is 6.20. The molecule has 1 heteroatoms. The lowest BCUT2D eigenvalue weighted by atomic mass is 9.90. The van der Waals surface area contributed by atoms with Crippen LogP contribution in [0.1, 0.15) is 56.6 Å². The van der Waals surface area contributed by atoms with Gasteiger partial charge in [0.2, 0.25) is 0 Å². The van der Waals surface area contributed by atoms with Crippen LogP contribution in [-0.4, -0.2) is 12.6 Å². The number of unbranched alkanes of at least 4 members (excludes halogenated alkanes) is 1. The zero-order chi connectivity index (χ0) is 12.1. The van der Waals surface area contributed by atoms with Gasteiger partial charge in [-0.3, -0.25) is 0 Å². The van der Waals surface area contributed by atoms with E-state index in [1.54, 1.807) is 11.1 Å². The predicted molar refractivity (Wildman–Crippen MR) is 74.5 cm³/mol. The van der Waals surface area contributed by atoms with Crippen LogP contribution in [0.15, 0.2) is 24.3 Å². The van der Waals surface area contributed by atoms with E-state index in [-0.39, 0.29) is 0 Å². The van der Waals surface area contributed by atoms with Gasteiger partial charge in [-0.15, -0.1) is 0 Å². The third-order valence-corrected chi connectivity index (χ3v) is 4.00. The minimum Gasteiger partial charge on any atom is -0.314 e. The SMILES string of the molecule is CCCCC(NCC)C1CCc2ccccc21. The summed E-state index contributed by atoms with van der Waals surface area (Å²) in [6, 6.07) is 9.69. The maximum absolute atomic E-state index is 3.70. The molecular formula is C16H25N. The van der Waals surface area contributed by atoms with Gasteiger partial charge in [0.05, 0.1) is 0 Å². The van der Waals surface area contributed by atoms with Crippen molar-refractivity contribution in [1.82, 2.24) is 5.32 Å². The summed E-state index contributed by atoms with van der Waals surface area (Å²) in [4.78, 5) is 0. The first-order chi connectivity index (χ1) is 8.36. The molecule has 2 unspecified atom stereocenters. The molecule has 0 heterocycles. The van der Waals surface area contributed by atoms with E-state index in [0.29, 0.717) is 6.04 Å². The van der Waals surface area contributed by atoms with Crippen molar-refractivity contribution in [3.63, 3.8) is 0 Å². The van der Waals surface area contributed by atoms with E-state index in [0.717, 1.165) is 12.5 Å². The first kappa shape index (κ1) is 12.6. The van der Waals surface area contributed by atoms with E-state index in [4.69, 9.17) is 0 Å². The van der Waals surface area contributed by atoms with Gasteiger partial charge in [0.15, 0.2) is 0 Å². The van der Waals surface area contributed by atoms with Gasteiger partial charge in [-0.1, -0.05) is 51.0 Å². The van der Waals surface area contributed by atoms with Gasteiger partial charge in [-0.05, 0) is 42.9 Å². The van der Waals surface area contributed by atoms with Crippen molar-refractivity contribution >= 4 is 0 Å².